The van der Waals surface area contributed by atoms with Gasteiger partial charge in [0.25, 0.3) is 5.91 Å². The summed E-state index contributed by atoms with van der Waals surface area (Å²) in [6, 6.07) is 4.55. The zero-order valence-electron chi connectivity index (χ0n) is 10.7. The quantitative estimate of drug-likeness (QED) is 0.451. The molecule has 0 aromatic heterocycles. The van der Waals surface area contributed by atoms with Gasteiger partial charge >= 0.3 is 0 Å². The minimum Gasteiger partial charge on any atom is -0.357 e. The van der Waals surface area contributed by atoms with E-state index in [1.807, 2.05) is 0 Å². The standard InChI is InChI=1S/C12H18N4O2/c1-7-6-9(16-13)4-5-10(7)12(18)15-8(2)11(17)14-3/h4-6,8,16H,13H2,1-3H3,(H,14,17)(H,15,18). The second-order valence-electron chi connectivity index (χ2n) is 3.98. The molecule has 18 heavy (non-hydrogen) atoms. The Morgan fingerprint density at radius 2 is 2.00 bits per heavy atom. The Morgan fingerprint density at radius 3 is 2.50 bits per heavy atom. The molecule has 1 aromatic carbocycles. The summed E-state index contributed by atoms with van der Waals surface area (Å²) in [4.78, 5) is 23.3. The summed E-state index contributed by atoms with van der Waals surface area (Å²) in [6.07, 6.45) is 0. The molecule has 0 saturated heterocycles. The molecule has 0 fully saturated rings. The van der Waals surface area contributed by atoms with Gasteiger partial charge in [-0.25, -0.2) is 0 Å². The van der Waals surface area contributed by atoms with Gasteiger partial charge in [0.2, 0.25) is 5.91 Å². The monoisotopic (exact) mass is 250 g/mol. The lowest BCUT2D eigenvalue weighted by Crippen LogP contribution is -2.43. The smallest absolute Gasteiger partial charge is 0.252 e. The third kappa shape index (κ3) is 3.21. The minimum atomic E-state index is -0.575. The number of nitrogen functional groups attached to an aromatic ring is 1. The van der Waals surface area contributed by atoms with Crippen molar-refractivity contribution in [1.29, 1.82) is 0 Å². The van der Waals surface area contributed by atoms with Crippen LogP contribution in [0.1, 0.15) is 22.8 Å². The van der Waals surface area contributed by atoms with Crippen LogP contribution in [0.2, 0.25) is 0 Å². The number of nitrogens with two attached hydrogens (primary N) is 1. The van der Waals surface area contributed by atoms with Crippen LogP contribution in [-0.4, -0.2) is 24.9 Å². The Morgan fingerprint density at radius 1 is 1.33 bits per heavy atom. The van der Waals surface area contributed by atoms with Gasteiger partial charge in [0.1, 0.15) is 6.04 Å². The summed E-state index contributed by atoms with van der Waals surface area (Å²) in [5, 5.41) is 5.10. The van der Waals surface area contributed by atoms with Gasteiger partial charge in [-0.1, -0.05) is 0 Å². The van der Waals surface area contributed by atoms with E-state index in [1.165, 1.54) is 7.05 Å². The van der Waals surface area contributed by atoms with Crippen LogP contribution in [0.3, 0.4) is 0 Å². The van der Waals surface area contributed by atoms with Gasteiger partial charge in [-0.15, -0.1) is 0 Å². The number of rotatable bonds is 4. The molecule has 0 spiro atoms. The van der Waals surface area contributed by atoms with Crippen molar-refractivity contribution < 1.29 is 9.59 Å². The summed E-state index contributed by atoms with van der Waals surface area (Å²) in [5.41, 5.74) is 4.53. The van der Waals surface area contributed by atoms with Crippen LogP contribution in [-0.2, 0) is 4.79 Å². The van der Waals surface area contributed by atoms with Gasteiger partial charge in [-0.05, 0) is 37.6 Å². The molecule has 1 atom stereocenters. The van der Waals surface area contributed by atoms with Crippen molar-refractivity contribution in [3.63, 3.8) is 0 Å². The molecule has 1 aromatic rings. The molecule has 0 heterocycles. The zero-order valence-corrected chi connectivity index (χ0v) is 10.7. The van der Waals surface area contributed by atoms with Crippen molar-refractivity contribution in [3.8, 4) is 0 Å². The van der Waals surface area contributed by atoms with E-state index in [-0.39, 0.29) is 11.8 Å². The van der Waals surface area contributed by atoms with Crippen LogP contribution < -0.4 is 21.9 Å². The molecule has 0 aliphatic rings. The largest absolute Gasteiger partial charge is 0.357 e. The molecule has 98 valence electrons. The van der Waals surface area contributed by atoms with Gasteiger partial charge in [0, 0.05) is 18.3 Å². The number of hydrogen-bond donors (Lipinski definition) is 4. The van der Waals surface area contributed by atoms with Crippen LogP contribution in [0.4, 0.5) is 5.69 Å². The van der Waals surface area contributed by atoms with Crippen LogP contribution in [0.15, 0.2) is 18.2 Å². The van der Waals surface area contributed by atoms with Gasteiger partial charge in [-0.3, -0.25) is 15.4 Å². The average Bonchev–Trinajstić information content (AvgIpc) is 2.37. The fourth-order valence-corrected chi connectivity index (χ4v) is 1.56. The maximum absolute atomic E-state index is 12.0. The molecule has 0 radical (unpaired) electrons. The minimum absolute atomic E-state index is 0.235. The molecule has 0 aliphatic heterocycles. The summed E-state index contributed by atoms with van der Waals surface area (Å²) in [6.45, 7) is 3.43. The van der Waals surface area contributed by atoms with Crippen molar-refractivity contribution in [2.45, 2.75) is 19.9 Å². The van der Waals surface area contributed by atoms with E-state index >= 15 is 0 Å². The fraction of sp³-hybridized carbons (Fsp3) is 0.333. The maximum Gasteiger partial charge on any atom is 0.252 e. The summed E-state index contributed by atoms with van der Waals surface area (Å²) >= 11 is 0. The van der Waals surface area contributed by atoms with Gasteiger partial charge in [0.15, 0.2) is 0 Å². The normalized spacial score (nSPS) is 11.6. The number of carbonyl (C=O) groups is 2. The van der Waals surface area contributed by atoms with E-state index in [9.17, 15) is 9.59 Å². The van der Waals surface area contributed by atoms with E-state index < -0.39 is 6.04 Å². The van der Waals surface area contributed by atoms with Crippen LogP contribution in [0.5, 0.6) is 0 Å². The number of carbonyl (C=O) groups excluding carboxylic acids is 2. The number of anilines is 1. The van der Waals surface area contributed by atoms with Crippen LogP contribution in [0, 0.1) is 6.92 Å². The lowest BCUT2D eigenvalue weighted by molar-refractivity contribution is -0.122. The van der Waals surface area contributed by atoms with Crippen molar-refractivity contribution >= 4 is 17.5 Å². The van der Waals surface area contributed by atoms with E-state index in [4.69, 9.17) is 5.84 Å². The Balaban J connectivity index is 2.82. The summed E-state index contributed by atoms with van der Waals surface area (Å²) < 4.78 is 0. The number of amides is 2. The van der Waals surface area contributed by atoms with Crippen molar-refractivity contribution in [2.24, 2.45) is 5.84 Å². The molecule has 0 bridgehead atoms. The molecule has 0 aliphatic carbocycles. The predicted molar refractivity (Wildman–Crippen MR) is 70.0 cm³/mol. The Labute approximate surface area is 106 Å². The molecule has 2 amide bonds. The third-order valence-electron chi connectivity index (χ3n) is 2.62. The maximum atomic E-state index is 12.0. The molecular formula is C12H18N4O2. The molecule has 1 unspecified atom stereocenters. The Kier molecular flexibility index (Phi) is 4.67. The summed E-state index contributed by atoms with van der Waals surface area (Å²) in [5.74, 6) is 4.76. The highest BCUT2D eigenvalue weighted by Crippen LogP contribution is 2.14. The van der Waals surface area contributed by atoms with E-state index in [0.29, 0.717) is 5.56 Å². The van der Waals surface area contributed by atoms with Crippen molar-refractivity contribution in [3.05, 3.63) is 29.3 Å². The lowest BCUT2D eigenvalue weighted by Gasteiger charge is -2.14. The second-order valence-corrected chi connectivity index (χ2v) is 3.98. The highest BCUT2D eigenvalue weighted by Gasteiger charge is 2.16. The number of hydrogen-bond acceptors (Lipinski definition) is 4. The SMILES string of the molecule is CNC(=O)C(C)NC(=O)c1ccc(NN)cc1C. The predicted octanol–water partition coefficient (Wildman–Crippen LogP) is 0.145. The second kappa shape index (κ2) is 6.02. The highest BCUT2D eigenvalue weighted by molar-refractivity contribution is 5.98. The first-order valence-corrected chi connectivity index (χ1v) is 5.59. The van der Waals surface area contributed by atoms with Gasteiger partial charge in [0.05, 0.1) is 0 Å². The topological polar surface area (TPSA) is 96.2 Å². The first-order chi connectivity index (χ1) is 8.49. The Bertz CT molecular complexity index is 459. The molecular weight excluding hydrogens is 232 g/mol. The third-order valence-corrected chi connectivity index (χ3v) is 2.62. The Hall–Kier alpha value is -2.08. The van der Waals surface area contributed by atoms with E-state index in [2.05, 4.69) is 16.1 Å². The van der Waals surface area contributed by atoms with Crippen LogP contribution in [0.25, 0.3) is 0 Å². The fourth-order valence-electron chi connectivity index (χ4n) is 1.56. The first-order valence-electron chi connectivity index (χ1n) is 5.59. The van der Waals surface area contributed by atoms with Gasteiger partial charge in [-0.2, -0.15) is 0 Å². The molecule has 6 heteroatoms. The van der Waals surface area contributed by atoms with Gasteiger partial charge < -0.3 is 16.1 Å². The summed E-state index contributed by atoms with van der Waals surface area (Å²) in [7, 11) is 1.53. The first kappa shape index (κ1) is 14.0. The average molecular weight is 250 g/mol. The van der Waals surface area contributed by atoms with Crippen molar-refractivity contribution in [1.82, 2.24) is 10.6 Å². The number of aryl methyl sites for hydroxylation is 1. The number of hydrazine groups is 1. The molecule has 6 nitrogen and oxygen atoms in total. The molecule has 0 saturated carbocycles. The van der Waals surface area contributed by atoms with Crippen LogP contribution >= 0.6 is 0 Å². The van der Waals surface area contributed by atoms with E-state index in [1.54, 1.807) is 32.0 Å². The number of benzene rings is 1. The van der Waals surface area contributed by atoms with E-state index in [0.717, 1.165) is 11.3 Å². The van der Waals surface area contributed by atoms with Crippen molar-refractivity contribution in [2.75, 3.05) is 12.5 Å². The molecule has 5 N–H and O–H groups in total. The zero-order chi connectivity index (χ0) is 13.7. The lowest BCUT2D eigenvalue weighted by atomic mass is 10.1. The molecule has 1 rings (SSSR count). The number of nitrogens with one attached hydrogen (secondary N) is 3. The highest BCUT2D eigenvalue weighted by atomic mass is 16.2. The number of likely N-dealkylation sites (N-methyl/N-ethyl adjacent to an activating group) is 1.